The van der Waals surface area contributed by atoms with E-state index in [9.17, 15) is 4.79 Å². The summed E-state index contributed by atoms with van der Waals surface area (Å²) in [5.41, 5.74) is 4.54. The van der Waals surface area contributed by atoms with Gasteiger partial charge < -0.3 is 9.47 Å². The van der Waals surface area contributed by atoms with Gasteiger partial charge in [-0.1, -0.05) is 13.8 Å². The van der Waals surface area contributed by atoms with Gasteiger partial charge in [0.1, 0.15) is 0 Å². The number of aromatic nitrogens is 2. The Labute approximate surface area is 149 Å². The number of rotatable bonds is 4. The summed E-state index contributed by atoms with van der Waals surface area (Å²) in [4.78, 5) is 19.4. The zero-order chi connectivity index (χ0) is 17.8. The number of hydrogen-bond acceptors (Lipinski definition) is 2. The maximum absolute atomic E-state index is 13.2. The van der Waals surface area contributed by atoms with Gasteiger partial charge in [0.05, 0.1) is 5.56 Å². The van der Waals surface area contributed by atoms with Crippen molar-refractivity contribution < 1.29 is 4.79 Å². The Hall–Kier alpha value is -2.10. The molecule has 2 fully saturated rings. The third kappa shape index (κ3) is 2.78. The van der Waals surface area contributed by atoms with E-state index >= 15 is 0 Å². The topological polar surface area (TPSA) is 38.1 Å². The minimum Gasteiger partial charge on any atom is -0.344 e. The maximum Gasteiger partial charge on any atom is 0.255 e. The number of amides is 1. The Morgan fingerprint density at radius 1 is 1.24 bits per heavy atom. The molecule has 0 spiro atoms. The molecule has 4 rings (SSSR count). The highest BCUT2D eigenvalue weighted by atomic mass is 16.2. The van der Waals surface area contributed by atoms with Crippen molar-refractivity contribution in [2.24, 2.45) is 11.3 Å². The molecule has 1 aliphatic heterocycles. The second kappa shape index (κ2) is 5.72. The molecule has 1 aliphatic carbocycles. The van der Waals surface area contributed by atoms with Gasteiger partial charge in [0.15, 0.2) is 0 Å². The van der Waals surface area contributed by atoms with Crippen LogP contribution in [0.1, 0.15) is 54.0 Å². The number of carbonyl (C=O) groups excluding carboxylic acids is 1. The molecule has 25 heavy (non-hydrogen) atoms. The number of carbonyl (C=O) groups is 1. The van der Waals surface area contributed by atoms with Crippen LogP contribution in [0.5, 0.6) is 0 Å². The first-order valence-electron chi connectivity index (χ1n) is 9.25. The summed E-state index contributed by atoms with van der Waals surface area (Å²) in [6.45, 7) is 10.4. The van der Waals surface area contributed by atoms with Crippen LogP contribution in [0.2, 0.25) is 0 Å². The van der Waals surface area contributed by atoms with Crippen molar-refractivity contribution in [2.75, 3.05) is 6.54 Å². The lowest BCUT2D eigenvalue weighted by molar-refractivity contribution is -0.0409. The van der Waals surface area contributed by atoms with Crippen molar-refractivity contribution in [1.82, 2.24) is 14.5 Å². The van der Waals surface area contributed by atoms with E-state index in [4.69, 9.17) is 0 Å². The van der Waals surface area contributed by atoms with Crippen LogP contribution < -0.4 is 0 Å². The van der Waals surface area contributed by atoms with E-state index in [0.717, 1.165) is 30.0 Å². The molecule has 1 saturated heterocycles. The SMILES string of the molecule is Cc1cc(C(=O)N2CC(C)(C)C2C2CC2)c(C)n1Cc1ccncc1. The van der Waals surface area contributed by atoms with Crippen LogP contribution >= 0.6 is 0 Å². The second-order valence-electron chi connectivity index (χ2n) is 8.43. The van der Waals surface area contributed by atoms with E-state index in [1.165, 1.54) is 18.4 Å². The van der Waals surface area contributed by atoms with Crippen LogP contribution in [0.4, 0.5) is 0 Å². The molecule has 1 saturated carbocycles. The largest absolute Gasteiger partial charge is 0.344 e. The lowest BCUT2D eigenvalue weighted by atomic mass is 9.72. The highest BCUT2D eigenvalue weighted by Crippen LogP contribution is 2.50. The van der Waals surface area contributed by atoms with Gasteiger partial charge in [0.25, 0.3) is 5.91 Å². The number of nitrogens with zero attached hydrogens (tertiary/aromatic N) is 3. The minimum absolute atomic E-state index is 0.213. The third-order valence-electron chi connectivity index (χ3n) is 5.94. The fourth-order valence-electron chi connectivity index (χ4n) is 4.53. The highest BCUT2D eigenvalue weighted by Gasteiger charge is 2.54. The molecule has 2 aromatic rings. The van der Waals surface area contributed by atoms with Crippen LogP contribution in [-0.2, 0) is 6.54 Å². The highest BCUT2D eigenvalue weighted by molar-refractivity contribution is 5.96. The smallest absolute Gasteiger partial charge is 0.255 e. The molecule has 0 bridgehead atoms. The van der Waals surface area contributed by atoms with Gasteiger partial charge in [-0.3, -0.25) is 9.78 Å². The minimum atomic E-state index is 0.213. The first-order chi connectivity index (χ1) is 11.9. The van der Waals surface area contributed by atoms with Gasteiger partial charge in [-0.25, -0.2) is 0 Å². The van der Waals surface area contributed by atoms with Crippen molar-refractivity contribution >= 4 is 5.91 Å². The molecule has 0 radical (unpaired) electrons. The zero-order valence-corrected chi connectivity index (χ0v) is 15.6. The summed E-state index contributed by atoms with van der Waals surface area (Å²) in [5.74, 6) is 0.929. The lowest BCUT2D eigenvalue weighted by Crippen LogP contribution is -2.64. The molecule has 132 valence electrons. The molecule has 2 aliphatic rings. The molecule has 0 N–H and O–H groups in total. The van der Waals surface area contributed by atoms with Gasteiger partial charge >= 0.3 is 0 Å². The maximum atomic E-state index is 13.2. The van der Waals surface area contributed by atoms with Gasteiger partial charge in [0.2, 0.25) is 0 Å². The number of pyridine rings is 1. The van der Waals surface area contributed by atoms with E-state index in [-0.39, 0.29) is 11.3 Å². The van der Waals surface area contributed by atoms with Crippen LogP contribution in [0.25, 0.3) is 0 Å². The van der Waals surface area contributed by atoms with Gasteiger partial charge in [0, 0.05) is 48.3 Å². The Kier molecular flexibility index (Phi) is 3.75. The van der Waals surface area contributed by atoms with Crippen LogP contribution in [0.15, 0.2) is 30.6 Å². The van der Waals surface area contributed by atoms with E-state index in [1.54, 1.807) is 0 Å². The summed E-state index contributed by atoms with van der Waals surface area (Å²) in [5, 5.41) is 0. The molecule has 3 heterocycles. The monoisotopic (exact) mass is 337 g/mol. The Morgan fingerprint density at radius 2 is 1.92 bits per heavy atom. The second-order valence-corrected chi connectivity index (χ2v) is 8.43. The summed E-state index contributed by atoms with van der Waals surface area (Å²) in [6, 6.07) is 6.54. The van der Waals surface area contributed by atoms with E-state index in [0.29, 0.717) is 12.0 Å². The van der Waals surface area contributed by atoms with E-state index in [2.05, 4.69) is 48.2 Å². The zero-order valence-electron chi connectivity index (χ0n) is 15.6. The Morgan fingerprint density at radius 3 is 2.52 bits per heavy atom. The van der Waals surface area contributed by atoms with Gasteiger partial charge in [-0.05, 0) is 56.4 Å². The average Bonchev–Trinajstić information content (AvgIpc) is 3.35. The quantitative estimate of drug-likeness (QED) is 0.851. The number of hydrogen-bond donors (Lipinski definition) is 0. The van der Waals surface area contributed by atoms with Crippen LogP contribution in [-0.4, -0.2) is 32.9 Å². The first kappa shape index (κ1) is 16.4. The van der Waals surface area contributed by atoms with Crippen molar-refractivity contribution in [2.45, 2.75) is 53.1 Å². The summed E-state index contributed by atoms with van der Waals surface area (Å²) in [6.07, 6.45) is 6.19. The molecule has 4 heteroatoms. The molecule has 1 unspecified atom stereocenters. The Balaban J connectivity index is 1.59. The first-order valence-corrected chi connectivity index (χ1v) is 9.25. The van der Waals surface area contributed by atoms with Gasteiger partial charge in [-0.2, -0.15) is 0 Å². The van der Waals surface area contributed by atoms with Crippen molar-refractivity contribution in [1.29, 1.82) is 0 Å². The Bertz CT molecular complexity index is 802. The van der Waals surface area contributed by atoms with E-state index < -0.39 is 0 Å². The molecular weight excluding hydrogens is 310 g/mol. The number of likely N-dealkylation sites (tertiary alicyclic amines) is 1. The molecule has 4 nitrogen and oxygen atoms in total. The lowest BCUT2D eigenvalue weighted by Gasteiger charge is -2.55. The molecule has 1 amide bonds. The molecular formula is C21H27N3O. The summed E-state index contributed by atoms with van der Waals surface area (Å²) >= 11 is 0. The molecule has 2 aromatic heterocycles. The fourth-order valence-corrected chi connectivity index (χ4v) is 4.53. The van der Waals surface area contributed by atoms with Gasteiger partial charge in [-0.15, -0.1) is 0 Å². The van der Waals surface area contributed by atoms with Crippen molar-refractivity contribution in [3.63, 3.8) is 0 Å². The summed E-state index contributed by atoms with van der Waals surface area (Å²) in [7, 11) is 0. The third-order valence-corrected chi connectivity index (χ3v) is 5.94. The molecule has 0 aromatic carbocycles. The van der Waals surface area contributed by atoms with Crippen molar-refractivity contribution in [3.8, 4) is 0 Å². The van der Waals surface area contributed by atoms with Crippen LogP contribution in [0.3, 0.4) is 0 Å². The number of aryl methyl sites for hydroxylation is 1. The average molecular weight is 337 g/mol. The van der Waals surface area contributed by atoms with Crippen LogP contribution in [0, 0.1) is 25.2 Å². The molecule has 1 atom stereocenters. The van der Waals surface area contributed by atoms with E-state index in [1.807, 2.05) is 24.5 Å². The summed E-state index contributed by atoms with van der Waals surface area (Å²) < 4.78 is 2.24. The fraction of sp³-hybridized carbons (Fsp3) is 0.524. The standard InChI is InChI=1S/C21H27N3O/c1-14-11-18(15(2)23(14)12-16-7-9-22-10-8-16)20(25)24-13-21(3,4)19(24)17-5-6-17/h7-11,17,19H,5-6,12-13H2,1-4H3. The normalized spacial score (nSPS) is 21.9. The predicted molar refractivity (Wildman–Crippen MR) is 98.6 cm³/mol. The predicted octanol–water partition coefficient (Wildman–Crippen LogP) is 3.81. The van der Waals surface area contributed by atoms with Crippen molar-refractivity contribution in [3.05, 3.63) is 53.1 Å².